The van der Waals surface area contributed by atoms with Gasteiger partial charge in [0.1, 0.15) is 0 Å². The Morgan fingerprint density at radius 2 is 2.04 bits per heavy atom. The molecule has 0 aliphatic carbocycles. The fraction of sp³-hybridized carbons (Fsp3) is 0.316. The van der Waals surface area contributed by atoms with Gasteiger partial charge in [0.05, 0.1) is 23.9 Å². The zero-order chi connectivity index (χ0) is 17.5. The van der Waals surface area contributed by atoms with Crippen molar-refractivity contribution in [3.8, 4) is 11.5 Å². The van der Waals surface area contributed by atoms with E-state index in [1.54, 1.807) is 25.1 Å². The smallest absolute Gasteiger partial charge is 0.180 e. The molecule has 0 spiro atoms. The molecule has 0 fully saturated rings. The molecule has 0 aromatic heterocycles. The average Bonchev–Trinajstić information content (AvgIpc) is 2.61. The third kappa shape index (κ3) is 4.68. The van der Waals surface area contributed by atoms with Crippen LogP contribution in [0.1, 0.15) is 25.8 Å². The molecule has 2 aromatic carbocycles. The van der Waals surface area contributed by atoms with E-state index in [-0.39, 0.29) is 6.10 Å². The number of halogens is 1. The van der Waals surface area contributed by atoms with Crippen LogP contribution in [-0.2, 0) is 0 Å². The van der Waals surface area contributed by atoms with E-state index in [0.29, 0.717) is 16.5 Å². The molecule has 0 saturated heterocycles. The lowest BCUT2D eigenvalue weighted by atomic mass is 10.2. The lowest BCUT2D eigenvalue weighted by Gasteiger charge is -2.17. The van der Waals surface area contributed by atoms with Crippen LogP contribution >= 0.6 is 23.4 Å². The third-order valence-electron chi connectivity index (χ3n) is 3.58. The maximum absolute atomic E-state index is 6.38. The molecule has 5 heteroatoms. The molecule has 0 amide bonds. The van der Waals surface area contributed by atoms with Crippen LogP contribution in [-0.4, -0.2) is 25.7 Å². The number of hydrogen-bond acceptors (Lipinski definition) is 4. The summed E-state index contributed by atoms with van der Waals surface area (Å²) < 4.78 is 11.3. The molecule has 0 N–H and O–H groups in total. The van der Waals surface area contributed by atoms with E-state index in [0.717, 1.165) is 22.6 Å². The van der Waals surface area contributed by atoms with E-state index >= 15 is 0 Å². The summed E-state index contributed by atoms with van der Waals surface area (Å²) in [6, 6.07) is 11.7. The summed E-state index contributed by atoms with van der Waals surface area (Å²) in [6.45, 7) is 4.07. The van der Waals surface area contributed by atoms with Gasteiger partial charge in [0.2, 0.25) is 0 Å². The molecule has 0 radical (unpaired) electrons. The molecule has 128 valence electrons. The molecule has 2 rings (SSSR count). The highest BCUT2D eigenvalue weighted by Crippen LogP contribution is 2.37. The average molecular weight is 364 g/mol. The summed E-state index contributed by atoms with van der Waals surface area (Å²) in [5.74, 6) is 1.19. The van der Waals surface area contributed by atoms with Crippen LogP contribution in [0.15, 0.2) is 46.3 Å². The lowest BCUT2D eigenvalue weighted by Crippen LogP contribution is -2.11. The van der Waals surface area contributed by atoms with E-state index in [9.17, 15) is 0 Å². The first kappa shape index (κ1) is 18.7. The number of ether oxygens (including phenoxy) is 2. The van der Waals surface area contributed by atoms with Crippen molar-refractivity contribution in [1.82, 2.24) is 0 Å². The molecule has 0 aliphatic rings. The molecule has 0 heterocycles. The van der Waals surface area contributed by atoms with Crippen LogP contribution in [0.3, 0.4) is 0 Å². The minimum absolute atomic E-state index is 0.0735. The summed E-state index contributed by atoms with van der Waals surface area (Å²) in [6.07, 6.45) is 4.80. The highest BCUT2D eigenvalue weighted by atomic mass is 35.5. The minimum Gasteiger partial charge on any atom is -0.493 e. The number of para-hydroxylation sites is 1. The standard InChI is InChI=1S/C19H22ClNO2S/c1-5-13(2)23-19-15(20)10-14(11-17(19)22-3)12-21-16-8-6-7-9-18(16)24-4/h6-13H,5H2,1-4H3/t13-/m0/s1. The molecule has 0 bridgehead atoms. The summed E-state index contributed by atoms with van der Waals surface area (Å²) in [7, 11) is 1.61. The van der Waals surface area contributed by atoms with Crippen molar-refractivity contribution >= 4 is 35.3 Å². The second-order valence-corrected chi connectivity index (χ2v) is 6.56. The quantitative estimate of drug-likeness (QED) is 0.446. The lowest BCUT2D eigenvalue weighted by molar-refractivity contribution is 0.208. The van der Waals surface area contributed by atoms with Crippen molar-refractivity contribution in [3.05, 3.63) is 47.0 Å². The molecule has 0 saturated carbocycles. The van der Waals surface area contributed by atoms with Gasteiger partial charge >= 0.3 is 0 Å². The Morgan fingerprint density at radius 1 is 1.29 bits per heavy atom. The summed E-state index contributed by atoms with van der Waals surface area (Å²) in [5, 5.41) is 0.522. The summed E-state index contributed by atoms with van der Waals surface area (Å²) in [4.78, 5) is 5.70. The van der Waals surface area contributed by atoms with Gasteiger partial charge in [-0.15, -0.1) is 11.8 Å². The van der Waals surface area contributed by atoms with Gasteiger partial charge in [-0.3, -0.25) is 4.99 Å². The predicted octanol–water partition coefficient (Wildman–Crippen LogP) is 6.00. The SMILES string of the molecule is CC[C@H](C)Oc1c(Cl)cc(C=Nc2ccccc2SC)cc1OC. The molecule has 1 atom stereocenters. The van der Waals surface area contributed by atoms with E-state index < -0.39 is 0 Å². The van der Waals surface area contributed by atoms with Gasteiger partial charge in [-0.2, -0.15) is 0 Å². The Bertz CT molecular complexity index is 719. The van der Waals surface area contributed by atoms with Crippen molar-refractivity contribution in [3.63, 3.8) is 0 Å². The van der Waals surface area contributed by atoms with Gasteiger partial charge in [0.15, 0.2) is 11.5 Å². The topological polar surface area (TPSA) is 30.8 Å². The van der Waals surface area contributed by atoms with Crippen LogP contribution in [0, 0.1) is 0 Å². The maximum atomic E-state index is 6.38. The van der Waals surface area contributed by atoms with Crippen molar-refractivity contribution in [2.24, 2.45) is 4.99 Å². The monoisotopic (exact) mass is 363 g/mol. The number of benzene rings is 2. The zero-order valence-electron chi connectivity index (χ0n) is 14.4. The van der Waals surface area contributed by atoms with Crippen LogP contribution in [0.25, 0.3) is 0 Å². The summed E-state index contributed by atoms with van der Waals surface area (Å²) in [5.41, 5.74) is 1.80. The normalized spacial score (nSPS) is 12.4. The van der Waals surface area contributed by atoms with E-state index in [1.807, 2.05) is 49.6 Å². The largest absolute Gasteiger partial charge is 0.493 e. The van der Waals surface area contributed by atoms with Crippen LogP contribution in [0.5, 0.6) is 11.5 Å². The van der Waals surface area contributed by atoms with Crippen LogP contribution < -0.4 is 9.47 Å². The third-order valence-corrected chi connectivity index (χ3v) is 4.65. The highest BCUT2D eigenvalue weighted by molar-refractivity contribution is 7.98. The van der Waals surface area contributed by atoms with Gasteiger partial charge in [0.25, 0.3) is 0 Å². The van der Waals surface area contributed by atoms with Crippen molar-refractivity contribution in [1.29, 1.82) is 0 Å². The Labute approximate surface area is 153 Å². The van der Waals surface area contributed by atoms with Crippen LogP contribution in [0.4, 0.5) is 5.69 Å². The first-order valence-corrected chi connectivity index (χ1v) is 9.40. The Hall–Kier alpha value is -1.65. The second kappa shape index (κ2) is 9.00. The van der Waals surface area contributed by atoms with Gasteiger partial charge < -0.3 is 9.47 Å². The molecule has 2 aromatic rings. The highest BCUT2D eigenvalue weighted by Gasteiger charge is 2.14. The predicted molar refractivity (Wildman–Crippen MR) is 104 cm³/mol. The molecule has 0 unspecified atom stereocenters. The van der Waals surface area contributed by atoms with Crippen molar-refractivity contribution < 1.29 is 9.47 Å². The first-order chi connectivity index (χ1) is 11.6. The van der Waals surface area contributed by atoms with Gasteiger partial charge in [-0.25, -0.2) is 0 Å². The molecular weight excluding hydrogens is 342 g/mol. The molecular formula is C19H22ClNO2S. The zero-order valence-corrected chi connectivity index (χ0v) is 15.9. The fourth-order valence-corrected chi connectivity index (χ4v) is 2.90. The Kier molecular flexibility index (Phi) is 7.00. The molecule has 3 nitrogen and oxygen atoms in total. The van der Waals surface area contributed by atoms with Crippen molar-refractivity contribution in [2.45, 2.75) is 31.3 Å². The maximum Gasteiger partial charge on any atom is 0.180 e. The summed E-state index contributed by atoms with van der Waals surface area (Å²) >= 11 is 8.05. The van der Waals surface area contributed by atoms with Gasteiger partial charge in [0, 0.05) is 11.1 Å². The van der Waals surface area contributed by atoms with Gasteiger partial charge in [-0.05, 0) is 49.4 Å². The van der Waals surface area contributed by atoms with E-state index in [1.165, 1.54) is 0 Å². The Balaban J connectivity index is 2.31. The van der Waals surface area contributed by atoms with Crippen LogP contribution in [0.2, 0.25) is 5.02 Å². The molecule has 0 aliphatic heterocycles. The number of thioether (sulfide) groups is 1. The first-order valence-electron chi connectivity index (χ1n) is 7.80. The number of hydrogen-bond donors (Lipinski definition) is 0. The number of methoxy groups -OCH3 is 1. The Morgan fingerprint density at radius 3 is 2.71 bits per heavy atom. The number of nitrogens with zero attached hydrogens (tertiary/aromatic N) is 1. The van der Waals surface area contributed by atoms with E-state index in [4.69, 9.17) is 21.1 Å². The second-order valence-electron chi connectivity index (χ2n) is 5.30. The van der Waals surface area contributed by atoms with Crippen molar-refractivity contribution in [2.75, 3.05) is 13.4 Å². The fourth-order valence-electron chi connectivity index (χ4n) is 2.09. The number of rotatable bonds is 7. The minimum atomic E-state index is 0.0735. The van der Waals surface area contributed by atoms with Gasteiger partial charge in [-0.1, -0.05) is 30.7 Å². The molecule has 24 heavy (non-hydrogen) atoms. The number of aliphatic imine (C=N–C) groups is 1. The van der Waals surface area contributed by atoms with E-state index in [2.05, 4.69) is 11.9 Å².